The van der Waals surface area contributed by atoms with Crippen LogP contribution < -0.4 is 11.1 Å². The van der Waals surface area contributed by atoms with Crippen LogP contribution in [-0.2, 0) is 4.79 Å². The molecule has 1 aromatic heterocycles. The quantitative estimate of drug-likeness (QED) is 0.825. The molecule has 2 heterocycles. The van der Waals surface area contributed by atoms with Crippen LogP contribution in [0.1, 0.15) is 10.6 Å². The number of carbonyl (C=O) groups excluding carboxylic acids is 2. The van der Waals surface area contributed by atoms with E-state index in [1.54, 1.807) is 41.3 Å². The van der Waals surface area contributed by atoms with Crippen molar-refractivity contribution in [2.75, 3.05) is 43.8 Å². The fourth-order valence-electron chi connectivity index (χ4n) is 2.69. The van der Waals surface area contributed by atoms with Gasteiger partial charge in [0.25, 0.3) is 5.91 Å². The highest BCUT2D eigenvalue weighted by atomic mass is 16.3. The average molecular weight is 328 g/mol. The van der Waals surface area contributed by atoms with E-state index in [2.05, 4.69) is 5.32 Å². The van der Waals surface area contributed by atoms with Gasteiger partial charge in [0.1, 0.15) is 0 Å². The highest BCUT2D eigenvalue weighted by Gasteiger charge is 2.24. The van der Waals surface area contributed by atoms with Gasteiger partial charge in [-0.2, -0.15) is 0 Å². The van der Waals surface area contributed by atoms with Gasteiger partial charge in [-0.1, -0.05) is 6.07 Å². The van der Waals surface area contributed by atoms with E-state index in [0.717, 1.165) is 0 Å². The predicted octanol–water partition coefficient (Wildman–Crippen LogP) is 1.26. The number of carbonyl (C=O) groups is 2. The number of rotatable bonds is 4. The third kappa shape index (κ3) is 3.94. The smallest absolute Gasteiger partial charge is 0.289 e. The predicted molar refractivity (Wildman–Crippen MR) is 90.5 cm³/mol. The third-order valence-electron chi connectivity index (χ3n) is 3.93. The number of hydrogen-bond donors (Lipinski definition) is 2. The summed E-state index contributed by atoms with van der Waals surface area (Å²) in [5.74, 6) is 0.151. The van der Waals surface area contributed by atoms with Crippen LogP contribution in [0, 0.1) is 0 Å². The highest BCUT2D eigenvalue weighted by molar-refractivity contribution is 5.93. The number of piperazine rings is 1. The van der Waals surface area contributed by atoms with Crippen LogP contribution in [0.5, 0.6) is 0 Å². The van der Waals surface area contributed by atoms with Gasteiger partial charge in [-0.25, -0.2) is 0 Å². The second-order valence-corrected chi connectivity index (χ2v) is 5.72. The van der Waals surface area contributed by atoms with Crippen LogP contribution >= 0.6 is 0 Å². The first kappa shape index (κ1) is 16.1. The Morgan fingerprint density at radius 3 is 2.58 bits per heavy atom. The molecule has 0 bridgehead atoms. The lowest BCUT2D eigenvalue weighted by Gasteiger charge is -2.33. The summed E-state index contributed by atoms with van der Waals surface area (Å²) in [4.78, 5) is 28.1. The van der Waals surface area contributed by atoms with E-state index in [1.807, 2.05) is 4.90 Å². The number of furan rings is 1. The molecule has 3 N–H and O–H groups in total. The van der Waals surface area contributed by atoms with Crippen molar-refractivity contribution in [3.05, 3.63) is 48.4 Å². The van der Waals surface area contributed by atoms with Crippen molar-refractivity contribution < 1.29 is 14.0 Å². The maximum absolute atomic E-state index is 12.2. The summed E-state index contributed by atoms with van der Waals surface area (Å²) in [6.07, 6.45) is 1.49. The van der Waals surface area contributed by atoms with Crippen LogP contribution in [0.3, 0.4) is 0 Å². The molecule has 0 saturated carbocycles. The lowest BCUT2D eigenvalue weighted by Crippen LogP contribution is -2.50. The minimum absolute atomic E-state index is 0.0913. The van der Waals surface area contributed by atoms with Crippen LogP contribution in [0.2, 0.25) is 0 Å². The van der Waals surface area contributed by atoms with Crippen LogP contribution in [0.25, 0.3) is 0 Å². The molecule has 3 rings (SSSR count). The summed E-state index contributed by atoms with van der Waals surface area (Å²) in [7, 11) is 0. The molecule has 7 nitrogen and oxygen atoms in total. The fourth-order valence-corrected chi connectivity index (χ4v) is 2.69. The molecule has 24 heavy (non-hydrogen) atoms. The Morgan fingerprint density at radius 1 is 1.12 bits per heavy atom. The zero-order valence-electron chi connectivity index (χ0n) is 13.3. The van der Waals surface area contributed by atoms with Crippen molar-refractivity contribution in [3.63, 3.8) is 0 Å². The van der Waals surface area contributed by atoms with Crippen molar-refractivity contribution in [2.45, 2.75) is 0 Å². The van der Waals surface area contributed by atoms with Gasteiger partial charge in [-0.05, 0) is 30.3 Å². The van der Waals surface area contributed by atoms with Crippen LogP contribution in [-0.4, -0.2) is 54.3 Å². The number of nitrogens with zero attached hydrogens (tertiary/aromatic N) is 2. The average Bonchev–Trinajstić information content (AvgIpc) is 3.09. The molecule has 0 atom stereocenters. The first-order valence-electron chi connectivity index (χ1n) is 7.82. The normalized spacial score (nSPS) is 15.2. The van der Waals surface area contributed by atoms with Crippen molar-refractivity contribution >= 4 is 23.2 Å². The molecule has 0 spiro atoms. The number of amides is 2. The summed E-state index contributed by atoms with van der Waals surface area (Å²) in [5, 5.41) is 2.83. The number of nitrogen functional groups attached to an aromatic ring is 1. The molecule has 0 unspecified atom stereocenters. The number of hydrogen-bond acceptors (Lipinski definition) is 5. The molecular formula is C17H20N4O3. The van der Waals surface area contributed by atoms with Gasteiger partial charge < -0.3 is 20.4 Å². The third-order valence-corrected chi connectivity index (χ3v) is 3.93. The zero-order valence-corrected chi connectivity index (χ0v) is 13.3. The Morgan fingerprint density at radius 2 is 1.92 bits per heavy atom. The summed E-state index contributed by atoms with van der Waals surface area (Å²) in [6, 6.07) is 10.4. The number of benzene rings is 1. The topological polar surface area (TPSA) is 91.8 Å². The molecule has 1 saturated heterocycles. The largest absolute Gasteiger partial charge is 0.459 e. The SMILES string of the molecule is Nc1cccc(NC(=O)CN2CCN(C(=O)c3ccco3)CC2)c1. The lowest BCUT2D eigenvalue weighted by molar-refractivity contribution is -0.117. The van der Waals surface area contributed by atoms with Crippen LogP contribution in [0.4, 0.5) is 11.4 Å². The van der Waals surface area contributed by atoms with E-state index in [-0.39, 0.29) is 18.4 Å². The molecule has 2 amide bonds. The monoisotopic (exact) mass is 328 g/mol. The van der Waals surface area contributed by atoms with Gasteiger partial charge in [0, 0.05) is 37.6 Å². The van der Waals surface area contributed by atoms with E-state index in [0.29, 0.717) is 43.3 Å². The van der Waals surface area contributed by atoms with E-state index in [4.69, 9.17) is 10.2 Å². The minimum atomic E-state index is -0.108. The van der Waals surface area contributed by atoms with Gasteiger partial charge in [0.2, 0.25) is 5.91 Å². The van der Waals surface area contributed by atoms with Crippen molar-refractivity contribution in [2.24, 2.45) is 0 Å². The minimum Gasteiger partial charge on any atom is -0.459 e. The summed E-state index contributed by atoms with van der Waals surface area (Å²) < 4.78 is 5.14. The Balaban J connectivity index is 1.47. The molecule has 1 aromatic carbocycles. The number of nitrogens with one attached hydrogen (secondary N) is 1. The van der Waals surface area contributed by atoms with E-state index < -0.39 is 0 Å². The Kier molecular flexibility index (Phi) is 4.81. The van der Waals surface area contributed by atoms with Gasteiger partial charge in [0.15, 0.2) is 5.76 Å². The molecule has 1 aliphatic rings. The molecule has 7 heteroatoms. The maximum atomic E-state index is 12.2. The summed E-state index contributed by atoms with van der Waals surface area (Å²) in [6.45, 7) is 2.74. The van der Waals surface area contributed by atoms with Gasteiger partial charge in [0.05, 0.1) is 12.8 Å². The Hall–Kier alpha value is -2.80. The first-order valence-corrected chi connectivity index (χ1v) is 7.82. The van der Waals surface area contributed by atoms with E-state index in [9.17, 15) is 9.59 Å². The molecule has 2 aromatic rings. The summed E-state index contributed by atoms with van der Waals surface area (Å²) in [5.41, 5.74) is 6.99. The number of anilines is 2. The lowest BCUT2D eigenvalue weighted by atomic mass is 10.2. The van der Waals surface area contributed by atoms with E-state index in [1.165, 1.54) is 6.26 Å². The molecule has 1 aliphatic heterocycles. The molecule has 0 radical (unpaired) electrons. The van der Waals surface area contributed by atoms with Crippen molar-refractivity contribution in [1.82, 2.24) is 9.80 Å². The first-order chi connectivity index (χ1) is 11.6. The zero-order chi connectivity index (χ0) is 16.9. The molecular weight excluding hydrogens is 308 g/mol. The standard InChI is InChI=1S/C17H20N4O3/c18-13-3-1-4-14(11-13)19-16(22)12-20-6-8-21(9-7-20)17(23)15-5-2-10-24-15/h1-5,10-11H,6-9,12,18H2,(H,19,22). The summed E-state index contributed by atoms with van der Waals surface area (Å²) >= 11 is 0. The van der Waals surface area contributed by atoms with Gasteiger partial charge >= 0.3 is 0 Å². The molecule has 0 aliphatic carbocycles. The van der Waals surface area contributed by atoms with Crippen molar-refractivity contribution in [1.29, 1.82) is 0 Å². The second kappa shape index (κ2) is 7.18. The van der Waals surface area contributed by atoms with Crippen molar-refractivity contribution in [3.8, 4) is 0 Å². The molecule has 126 valence electrons. The highest BCUT2D eigenvalue weighted by Crippen LogP contribution is 2.12. The van der Waals surface area contributed by atoms with Gasteiger partial charge in [-0.15, -0.1) is 0 Å². The number of nitrogens with two attached hydrogens (primary N) is 1. The maximum Gasteiger partial charge on any atom is 0.289 e. The second-order valence-electron chi connectivity index (χ2n) is 5.72. The van der Waals surface area contributed by atoms with E-state index >= 15 is 0 Å². The Bertz CT molecular complexity index is 706. The van der Waals surface area contributed by atoms with Crippen LogP contribution in [0.15, 0.2) is 47.1 Å². The Labute approximate surface area is 140 Å². The molecule has 1 fully saturated rings. The van der Waals surface area contributed by atoms with Gasteiger partial charge in [-0.3, -0.25) is 14.5 Å². The fraction of sp³-hybridized carbons (Fsp3) is 0.294.